The zero-order chi connectivity index (χ0) is 13.6. The minimum Gasteiger partial charge on any atom is -0.381 e. The Morgan fingerprint density at radius 3 is 2.58 bits per heavy atom. The molecule has 0 atom stereocenters. The molecule has 1 aliphatic rings. The number of nitrogens with zero attached hydrogens (tertiary/aromatic N) is 2. The highest BCUT2D eigenvalue weighted by atomic mass is 79.9. The van der Waals surface area contributed by atoms with Gasteiger partial charge in [0.15, 0.2) is 0 Å². The summed E-state index contributed by atoms with van der Waals surface area (Å²) in [7, 11) is 0. The molecule has 1 saturated heterocycles. The van der Waals surface area contributed by atoms with E-state index in [0.717, 1.165) is 51.0 Å². The zero-order valence-electron chi connectivity index (χ0n) is 11.6. The Morgan fingerprint density at radius 1 is 1.32 bits per heavy atom. The molecule has 0 radical (unpaired) electrons. The lowest BCUT2D eigenvalue weighted by atomic mass is 9.81. The Hall–Kier alpha value is -0.450. The van der Waals surface area contributed by atoms with Gasteiger partial charge in [-0.25, -0.2) is 0 Å². The van der Waals surface area contributed by atoms with Gasteiger partial charge in [-0.2, -0.15) is 0 Å². The van der Waals surface area contributed by atoms with Crippen molar-refractivity contribution in [3.63, 3.8) is 0 Å². The summed E-state index contributed by atoms with van der Waals surface area (Å²) in [6.07, 6.45) is 6.06. The fraction of sp³-hybridized carbons (Fsp3) is 0.667. The van der Waals surface area contributed by atoms with Crippen LogP contribution < -0.4 is 0 Å². The average molecular weight is 327 g/mol. The van der Waals surface area contributed by atoms with Crippen molar-refractivity contribution in [2.75, 3.05) is 31.6 Å². The Morgan fingerprint density at radius 2 is 2.00 bits per heavy atom. The van der Waals surface area contributed by atoms with Crippen molar-refractivity contribution in [3.8, 4) is 0 Å². The number of halogens is 1. The molecule has 0 amide bonds. The highest BCUT2D eigenvalue weighted by molar-refractivity contribution is 9.09. The van der Waals surface area contributed by atoms with Crippen LogP contribution in [-0.2, 0) is 11.3 Å². The predicted molar refractivity (Wildman–Crippen MR) is 81.5 cm³/mol. The number of ether oxygens (including phenoxy) is 1. The van der Waals surface area contributed by atoms with Crippen LogP contribution in [-0.4, -0.2) is 41.5 Å². The second-order valence-corrected chi connectivity index (χ2v) is 5.97. The van der Waals surface area contributed by atoms with Crippen molar-refractivity contribution in [3.05, 3.63) is 30.1 Å². The first-order valence-corrected chi connectivity index (χ1v) is 8.15. The second-order valence-electron chi connectivity index (χ2n) is 5.40. The minimum atomic E-state index is 0.376. The third kappa shape index (κ3) is 4.26. The molecule has 0 unspecified atom stereocenters. The molecular weight excluding hydrogens is 304 g/mol. The van der Waals surface area contributed by atoms with Gasteiger partial charge in [-0.1, -0.05) is 22.9 Å². The molecule has 0 saturated carbocycles. The quantitative estimate of drug-likeness (QED) is 0.751. The van der Waals surface area contributed by atoms with Crippen molar-refractivity contribution in [1.29, 1.82) is 0 Å². The SMILES string of the molecule is CCN(Cc1ccncc1)CC1(CBr)CCOCC1. The number of rotatable bonds is 6. The zero-order valence-corrected chi connectivity index (χ0v) is 13.2. The highest BCUT2D eigenvalue weighted by Gasteiger charge is 2.33. The first-order valence-electron chi connectivity index (χ1n) is 7.03. The molecule has 1 fully saturated rings. The van der Waals surface area contributed by atoms with Crippen LogP contribution in [0.2, 0.25) is 0 Å². The Labute approximate surface area is 124 Å². The summed E-state index contributed by atoms with van der Waals surface area (Å²) in [5.74, 6) is 0. The monoisotopic (exact) mass is 326 g/mol. The van der Waals surface area contributed by atoms with Crippen molar-refractivity contribution in [2.24, 2.45) is 5.41 Å². The van der Waals surface area contributed by atoms with Crippen LogP contribution in [0.4, 0.5) is 0 Å². The predicted octanol–water partition coefficient (Wildman–Crippen LogP) is 3.10. The van der Waals surface area contributed by atoms with E-state index in [1.807, 2.05) is 12.4 Å². The third-order valence-electron chi connectivity index (χ3n) is 4.00. The van der Waals surface area contributed by atoms with Crippen molar-refractivity contribution >= 4 is 15.9 Å². The lowest BCUT2D eigenvalue weighted by Crippen LogP contribution is -2.42. The van der Waals surface area contributed by atoms with E-state index in [1.54, 1.807) is 0 Å². The van der Waals surface area contributed by atoms with Gasteiger partial charge < -0.3 is 4.74 Å². The third-order valence-corrected chi connectivity index (χ3v) is 5.19. The molecule has 1 aliphatic heterocycles. The maximum Gasteiger partial charge on any atom is 0.0472 e. The molecule has 0 bridgehead atoms. The average Bonchev–Trinajstić information content (AvgIpc) is 2.48. The van der Waals surface area contributed by atoms with Crippen molar-refractivity contribution < 1.29 is 4.74 Å². The molecule has 2 rings (SSSR count). The lowest BCUT2D eigenvalue weighted by Gasteiger charge is -2.39. The summed E-state index contributed by atoms with van der Waals surface area (Å²) >= 11 is 3.72. The highest BCUT2D eigenvalue weighted by Crippen LogP contribution is 2.33. The van der Waals surface area contributed by atoms with E-state index < -0.39 is 0 Å². The van der Waals surface area contributed by atoms with E-state index in [4.69, 9.17) is 4.74 Å². The summed E-state index contributed by atoms with van der Waals surface area (Å²) in [6.45, 7) is 7.27. The topological polar surface area (TPSA) is 25.4 Å². The minimum absolute atomic E-state index is 0.376. The number of hydrogen-bond donors (Lipinski definition) is 0. The van der Waals surface area contributed by atoms with E-state index in [0.29, 0.717) is 5.41 Å². The van der Waals surface area contributed by atoms with Gasteiger partial charge in [0.05, 0.1) is 0 Å². The Balaban J connectivity index is 1.97. The molecule has 4 heteroatoms. The Bertz CT molecular complexity index is 366. The molecule has 1 aromatic heterocycles. The molecule has 106 valence electrons. The van der Waals surface area contributed by atoms with Gasteiger partial charge in [-0.05, 0) is 42.5 Å². The fourth-order valence-electron chi connectivity index (χ4n) is 2.64. The first kappa shape index (κ1) is 14.9. The van der Waals surface area contributed by atoms with Crippen LogP contribution in [0, 0.1) is 5.41 Å². The molecule has 0 aromatic carbocycles. The summed E-state index contributed by atoms with van der Waals surface area (Å²) in [6, 6.07) is 4.21. The number of hydrogen-bond acceptors (Lipinski definition) is 3. The van der Waals surface area contributed by atoms with Crippen LogP contribution >= 0.6 is 15.9 Å². The molecule has 0 spiro atoms. The molecule has 0 N–H and O–H groups in total. The lowest BCUT2D eigenvalue weighted by molar-refractivity contribution is 0.00763. The standard InChI is InChI=1S/C15H23BrN2O/c1-2-18(11-14-3-7-17-8-4-14)13-15(12-16)5-9-19-10-6-15/h3-4,7-8H,2,5-6,9-13H2,1H3. The fourth-order valence-corrected chi connectivity index (χ4v) is 3.38. The van der Waals surface area contributed by atoms with Gasteiger partial charge in [0.2, 0.25) is 0 Å². The van der Waals surface area contributed by atoms with Gasteiger partial charge in [-0.15, -0.1) is 0 Å². The summed E-state index contributed by atoms with van der Waals surface area (Å²) in [5, 5.41) is 1.07. The van der Waals surface area contributed by atoms with Gasteiger partial charge in [0.1, 0.15) is 0 Å². The largest absolute Gasteiger partial charge is 0.381 e. The van der Waals surface area contributed by atoms with Gasteiger partial charge in [-0.3, -0.25) is 9.88 Å². The smallest absolute Gasteiger partial charge is 0.0472 e. The Kier molecular flexibility index (Phi) is 5.79. The van der Waals surface area contributed by atoms with E-state index in [2.05, 4.69) is 44.9 Å². The summed E-state index contributed by atoms with van der Waals surface area (Å²) < 4.78 is 5.51. The molecule has 1 aromatic rings. The van der Waals surface area contributed by atoms with Crippen LogP contribution in [0.3, 0.4) is 0 Å². The van der Waals surface area contributed by atoms with Crippen LogP contribution in [0.15, 0.2) is 24.5 Å². The van der Waals surface area contributed by atoms with E-state index in [-0.39, 0.29) is 0 Å². The number of alkyl halides is 1. The molecule has 19 heavy (non-hydrogen) atoms. The maximum atomic E-state index is 5.51. The normalized spacial score (nSPS) is 18.7. The molecule has 0 aliphatic carbocycles. The van der Waals surface area contributed by atoms with E-state index in [1.165, 1.54) is 5.56 Å². The van der Waals surface area contributed by atoms with Gasteiger partial charge in [0, 0.05) is 44.0 Å². The number of pyridine rings is 1. The van der Waals surface area contributed by atoms with Crippen molar-refractivity contribution in [1.82, 2.24) is 9.88 Å². The molecule has 3 nitrogen and oxygen atoms in total. The summed E-state index contributed by atoms with van der Waals surface area (Å²) in [4.78, 5) is 6.61. The maximum absolute atomic E-state index is 5.51. The summed E-state index contributed by atoms with van der Waals surface area (Å²) in [5.41, 5.74) is 1.72. The van der Waals surface area contributed by atoms with Crippen LogP contribution in [0.25, 0.3) is 0 Å². The first-order chi connectivity index (χ1) is 9.28. The van der Waals surface area contributed by atoms with E-state index in [9.17, 15) is 0 Å². The van der Waals surface area contributed by atoms with Gasteiger partial charge >= 0.3 is 0 Å². The second kappa shape index (κ2) is 7.36. The van der Waals surface area contributed by atoms with Crippen molar-refractivity contribution in [2.45, 2.75) is 26.3 Å². The van der Waals surface area contributed by atoms with Gasteiger partial charge in [0.25, 0.3) is 0 Å². The van der Waals surface area contributed by atoms with Crippen LogP contribution in [0.5, 0.6) is 0 Å². The molecular formula is C15H23BrN2O. The van der Waals surface area contributed by atoms with E-state index >= 15 is 0 Å². The molecule has 2 heterocycles. The van der Waals surface area contributed by atoms with Crippen LogP contribution in [0.1, 0.15) is 25.3 Å². The number of aromatic nitrogens is 1.